The van der Waals surface area contributed by atoms with Crippen molar-refractivity contribution < 1.29 is 22.7 Å². The van der Waals surface area contributed by atoms with Gasteiger partial charge in [0.25, 0.3) is 5.91 Å². The molecule has 0 fully saturated rings. The molecule has 0 aliphatic heterocycles. The molecule has 1 N–H and O–H groups in total. The number of halogens is 1. The molecule has 0 spiro atoms. The van der Waals surface area contributed by atoms with Crippen LogP contribution in [0.4, 0.5) is 10.7 Å². The maximum Gasteiger partial charge on any atom is 0.341 e. The number of carbonyl (C=O) groups excluding carboxylic acids is 2. The number of nitrogens with zero attached hydrogens (tertiary/aromatic N) is 1. The van der Waals surface area contributed by atoms with E-state index in [-0.39, 0.29) is 6.54 Å². The van der Waals surface area contributed by atoms with Crippen LogP contribution in [0.1, 0.15) is 43.1 Å². The standard InChI is InChI=1S/C24H23ClN2O5S2/c1-32-24(29)21-18-7-5-9-20(18)33-23(21)26-22(28)15-10-12-17(13-11-15)27(34(2,30)31)14-16-6-3-4-8-19(16)25/h3-4,6,8,10-13H,5,7,9,14H2,1-2H3,(H,26,28). The minimum absolute atomic E-state index is 0.0628. The van der Waals surface area contributed by atoms with Gasteiger partial charge in [-0.15, -0.1) is 11.3 Å². The van der Waals surface area contributed by atoms with Crippen LogP contribution in [0.5, 0.6) is 0 Å². The second kappa shape index (κ2) is 9.77. The highest BCUT2D eigenvalue weighted by atomic mass is 35.5. The van der Waals surface area contributed by atoms with Crippen molar-refractivity contribution in [3.63, 3.8) is 0 Å². The zero-order valence-corrected chi connectivity index (χ0v) is 21.0. The number of amides is 1. The molecular formula is C24H23ClN2O5S2. The van der Waals surface area contributed by atoms with Gasteiger partial charge in [0.15, 0.2) is 0 Å². The molecule has 34 heavy (non-hydrogen) atoms. The van der Waals surface area contributed by atoms with E-state index in [1.807, 2.05) is 0 Å². The van der Waals surface area contributed by atoms with Gasteiger partial charge in [0, 0.05) is 15.5 Å². The molecule has 0 unspecified atom stereocenters. The number of methoxy groups -OCH3 is 1. The maximum absolute atomic E-state index is 12.9. The highest BCUT2D eigenvalue weighted by Crippen LogP contribution is 2.39. The predicted molar refractivity (Wildman–Crippen MR) is 135 cm³/mol. The predicted octanol–water partition coefficient (Wildman–Crippen LogP) is 4.90. The van der Waals surface area contributed by atoms with Crippen LogP contribution in [-0.2, 0) is 34.1 Å². The molecule has 0 radical (unpaired) electrons. The molecule has 1 aliphatic rings. The van der Waals surface area contributed by atoms with Crippen molar-refractivity contribution in [2.45, 2.75) is 25.8 Å². The first kappa shape index (κ1) is 24.3. The number of esters is 1. The van der Waals surface area contributed by atoms with Crippen LogP contribution >= 0.6 is 22.9 Å². The average molecular weight is 519 g/mol. The van der Waals surface area contributed by atoms with Gasteiger partial charge in [-0.05, 0) is 60.7 Å². The number of ether oxygens (including phenoxy) is 1. The lowest BCUT2D eigenvalue weighted by Crippen LogP contribution is -2.29. The number of thiophene rings is 1. The molecular weight excluding hydrogens is 496 g/mol. The van der Waals surface area contributed by atoms with Crippen LogP contribution in [-0.4, -0.2) is 33.7 Å². The van der Waals surface area contributed by atoms with Gasteiger partial charge in [-0.25, -0.2) is 13.2 Å². The molecule has 0 bridgehead atoms. The molecule has 1 aromatic heterocycles. The summed E-state index contributed by atoms with van der Waals surface area (Å²) in [6.45, 7) is 0.0628. The van der Waals surface area contributed by atoms with E-state index in [0.717, 1.165) is 36.0 Å². The van der Waals surface area contributed by atoms with Crippen LogP contribution in [0.3, 0.4) is 0 Å². The third-order valence-corrected chi connectivity index (χ3v) is 8.34. The lowest BCUT2D eigenvalue weighted by molar-refractivity contribution is 0.0601. The molecule has 1 aliphatic carbocycles. The van der Waals surface area contributed by atoms with Crippen molar-refractivity contribution in [2.24, 2.45) is 0 Å². The lowest BCUT2D eigenvalue weighted by atomic mass is 10.1. The molecule has 7 nitrogen and oxygen atoms in total. The SMILES string of the molecule is COC(=O)c1c(NC(=O)c2ccc(N(Cc3ccccc3Cl)S(C)(=O)=O)cc2)sc2c1CCC2. The first-order valence-electron chi connectivity index (χ1n) is 10.5. The fourth-order valence-electron chi connectivity index (χ4n) is 3.95. The second-order valence-electron chi connectivity index (χ2n) is 7.92. The van der Waals surface area contributed by atoms with Gasteiger partial charge in [-0.1, -0.05) is 29.8 Å². The van der Waals surface area contributed by atoms with Crippen LogP contribution in [0.2, 0.25) is 5.02 Å². The average Bonchev–Trinajstić information content (AvgIpc) is 3.38. The third kappa shape index (κ3) is 4.96. The van der Waals surface area contributed by atoms with Crippen LogP contribution in [0.15, 0.2) is 48.5 Å². The summed E-state index contributed by atoms with van der Waals surface area (Å²) < 4.78 is 31.1. The van der Waals surface area contributed by atoms with Gasteiger partial charge in [0.1, 0.15) is 5.00 Å². The quantitative estimate of drug-likeness (QED) is 0.449. The van der Waals surface area contributed by atoms with Gasteiger partial charge in [-0.3, -0.25) is 9.10 Å². The molecule has 178 valence electrons. The minimum Gasteiger partial charge on any atom is -0.465 e. The lowest BCUT2D eigenvalue weighted by Gasteiger charge is -2.23. The number of aryl methyl sites for hydroxylation is 1. The zero-order chi connectivity index (χ0) is 24.5. The topological polar surface area (TPSA) is 92.8 Å². The van der Waals surface area contributed by atoms with Crippen LogP contribution in [0.25, 0.3) is 0 Å². The van der Waals surface area contributed by atoms with Gasteiger partial charge >= 0.3 is 5.97 Å². The van der Waals surface area contributed by atoms with Gasteiger partial charge in [0.2, 0.25) is 10.0 Å². The van der Waals surface area contributed by atoms with Crippen molar-refractivity contribution in [1.82, 2.24) is 0 Å². The number of benzene rings is 2. The number of hydrogen-bond acceptors (Lipinski definition) is 6. The number of carbonyl (C=O) groups is 2. The molecule has 2 aromatic carbocycles. The van der Waals surface area contributed by atoms with Gasteiger partial charge in [-0.2, -0.15) is 0 Å². The Labute approximate surface area is 207 Å². The largest absolute Gasteiger partial charge is 0.465 e. The number of anilines is 2. The molecule has 1 heterocycles. The number of hydrogen-bond donors (Lipinski definition) is 1. The van der Waals surface area contributed by atoms with E-state index in [1.54, 1.807) is 48.5 Å². The van der Waals surface area contributed by atoms with Crippen molar-refractivity contribution in [1.29, 1.82) is 0 Å². The van der Waals surface area contributed by atoms with Crippen LogP contribution < -0.4 is 9.62 Å². The van der Waals surface area contributed by atoms with E-state index >= 15 is 0 Å². The Hall–Kier alpha value is -2.88. The van der Waals surface area contributed by atoms with Gasteiger partial charge in [0.05, 0.1) is 31.2 Å². The summed E-state index contributed by atoms with van der Waals surface area (Å²) >= 11 is 7.61. The Morgan fingerprint density at radius 2 is 1.82 bits per heavy atom. The van der Waals surface area contributed by atoms with Crippen molar-refractivity contribution in [3.8, 4) is 0 Å². The zero-order valence-electron chi connectivity index (χ0n) is 18.6. The summed E-state index contributed by atoms with van der Waals surface area (Å²) in [7, 11) is -2.29. The first-order valence-corrected chi connectivity index (χ1v) is 13.6. The Morgan fingerprint density at radius 1 is 1.12 bits per heavy atom. The van der Waals surface area contributed by atoms with E-state index in [0.29, 0.717) is 32.4 Å². The van der Waals surface area contributed by atoms with E-state index in [2.05, 4.69) is 5.32 Å². The Kier molecular flexibility index (Phi) is 6.97. The van der Waals surface area contributed by atoms with E-state index < -0.39 is 21.9 Å². The van der Waals surface area contributed by atoms with Crippen molar-refractivity contribution in [2.75, 3.05) is 23.0 Å². The maximum atomic E-state index is 12.9. The van der Waals surface area contributed by atoms with Crippen molar-refractivity contribution in [3.05, 3.63) is 80.7 Å². The van der Waals surface area contributed by atoms with E-state index in [1.165, 1.54) is 22.8 Å². The molecule has 3 aromatic rings. The highest BCUT2D eigenvalue weighted by Gasteiger charge is 2.28. The summed E-state index contributed by atoms with van der Waals surface area (Å²) in [6.07, 6.45) is 3.76. The molecule has 4 rings (SSSR count). The number of rotatable bonds is 7. The fraction of sp³-hybridized carbons (Fsp3) is 0.250. The van der Waals surface area contributed by atoms with E-state index in [9.17, 15) is 18.0 Å². The Morgan fingerprint density at radius 3 is 2.47 bits per heavy atom. The highest BCUT2D eigenvalue weighted by molar-refractivity contribution is 7.92. The number of sulfonamides is 1. The molecule has 10 heteroatoms. The van der Waals surface area contributed by atoms with Crippen LogP contribution in [0, 0.1) is 0 Å². The van der Waals surface area contributed by atoms with Gasteiger partial charge < -0.3 is 10.1 Å². The first-order chi connectivity index (χ1) is 16.2. The second-order valence-corrected chi connectivity index (χ2v) is 11.3. The Balaban J connectivity index is 1.57. The molecule has 1 amide bonds. The summed E-state index contributed by atoms with van der Waals surface area (Å²) in [4.78, 5) is 26.3. The number of nitrogens with one attached hydrogen (secondary N) is 1. The summed E-state index contributed by atoms with van der Waals surface area (Å²) in [5, 5.41) is 3.77. The molecule has 0 atom stereocenters. The monoisotopic (exact) mass is 518 g/mol. The smallest absolute Gasteiger partial charge is 0.341 e. The third-order valence-electron chi connectivity index (χ3n) is 5.63. The fourth-order valence-corrected chi connectivity index (χ4v) is 6.29. The normalized spacial score (nSPS) is 12.8. The summed E-state index contributed by atoms with van der Waals surface area (Å²) in [5.74, 6) is -0.859. The van der Waals surface area contributed by atoms with Crippen molar-refractivity contribution >= 4 is 55.5 Å². The Bertz CT molecular complexity index is 1350. The molecule has 0 saturated carbocycles. The summed E-state index contributed by atoms with van der Waals surface area (Å²) in [5.41, 5.74) is 2.78. The molecule has 0 saturated heterocycles. The van der Waals surface area contributed by atoms with E-state index in [4.69, 9.17) is 16.3 Å². The number of fused-ring (bicyclic) bond motifs is 1. The minimum atomic E-state index is -3.61. The summed E-state index contributed by atoms with van der Waals surface area (Å²) in [6, 6.07) is 13.3.